The number of unbranched alkanes of at least 4 members (excludes halogenated alkanes) is 7. The van der Waals surface area contributed by atoms with Crippen molar-refractivity contribution in [3.05, 3.63) is 12.7 Å². The van der Waals surface area contributed by atoms with Gasteiger partial charge in [-0.25, -0.2) is 4.79 Å². The number of ether oxygens (including phenoxy) is 1. The molecule has 2 nitrogen and oxygen atoms in total. The van der Waals surface area contributed by atoms with Crippen LogP contribution in [0.1, 0.15) is 64.7 Å². The lowest BCUT2D eigenvalue weighted by Crippen LogP contribution is -2.13. The van der Waals surface area contributed by atoms with Crippen LogP contribution in [0.3, 0.4) is 0 Å². The van der Waals surface area contributed by atoms with Gasteiger partial charge in [-0.15, -0.1) is 21.8 Å². The van der Waals surface area contributed by atoms with Gasteiger partial charge < -0.3 is 4.74 Å². The van der Waals surface area contributed by atoms with Crippen molar-refractivity contribution in [3.8, 4) is 0 Å². The van der Waals surface area contributed by atoms with Gasteiger partial charge in [-0.1, -0.05) is 64.6 Å². The van der Waals surface area contributed by atoms with Gasteiger partial charge in [-0.3, -0.25) is 0 Å². The van der Waals surface area contributed by atoms with Crippen LogP contribution in [-0.2, 0) is 9.53 Å². The molecule has 21 heavy (non-hydrogen) atoms. The average molecular weight is 424 g/mol. The molecular weight excluding hydrogens is 391 g/mol. The molecule has 0 amide bonds. The summed E-state index contributed by atoms with van der Waals surface area (Å²) in [5, 5.41) is 0. The number of esters is 1. The monoisotopic (exact) mass is 424 g/mol. The van der Waals surface area contributed by atoms with E-state index in [1.807, 2.05) is 6.92 Å². The molecule has 0 saturated carbocycles. The summed E-state index contributed by atoms with van der Waals surface area (Å²) in [6.07, 6.45) is 12.9. The third-order valence-corrected chi connectivity index (χ3v) is 6.78. The molecule has 0 aromatic rings. The molecule has 0 N–H and O–H groups in total. The molecule has 0 spiro atoms. The molecule has 4 heteroatoms. The number of hydrogen-bond acceptors (Lipinski definition) is 2. The fourth-order valence-corrected chi connectivity index (χ4v) is 4.58. The number of carbonyl (C=O) groups is 1. The predicted molar refractivity (Wildman–Crippen MR) is 104 cm³/mol. The summed E-state index contributed by atoms with van der Waals surface area (Å²) in [6.45, 7) is 10.3. The largest absolute Gasteiger partial charge is 0.460 e. The summed E-state index contributed by atoms with van der Waals surface area (Å²) in [6, 6.07) is 1.47. The van der Waals surface area contributed by atoms with Crippen molar-refractivity contribution >= 4 is 33.3 Å². The summed E-state index contributed by atoms with van der Waals surface area (Å²) in [5.74, 6) is -0.305. The zero-order valence-corrected chi connectivity index (χ0v) is 17.3. The normalized spacial score (nSPS) is 13.0. The van der Waals surface area contributed by atoms with Gasteiger partial charge >= 0.3 is 5.97 Å². The highest BCUT2D eigenvalue weighted by Gasteiger charge is 2.14. The van der Waals surface area contributed by atoms with Gasteiger partial charge in [0, 0.05) is 6.08 Å². The van der Waals surface area contributed by atoms with Gasteiger partial charge in [-0.2, -0.15) is 0 Å². The Morgan fingerprint density at radius 3 is 2.05 bits per heavy atom. The van der Waals surface area contributed by atoms with Crippen LogP contribution < -0.4 is 0 Å². The van der Waals surface area contributed by atoms with E-state index in [4.69, 9.17) is 4.74 Å². The molecule has 0 bridgehead atoms. The van der Waals surface area contributed by atoms with E-state index < -0.39 is 5.57 Å². The van der Waals surface area contributed by atoms with E-state index in [0.717, 1.165) is 12.8 Å². The van der Waals surface area contributed by atoms with Gasteiger partial charge in [0.25, 0.3) is 0 Å². The number of carbonyl (C=O) groups excluding carboxylic acids is 1. The highest BCUT2D eigenvalue weighted by molar-refractivity contribution is 14.1. The average Bonchev–Trinajstić information content (AvgIpc) is 2.39. The number of rotatable bonds is 13. The first-order chi connectivity index (χ1) is 9.85. The second kappa shape index (κ2) is 12.7. The second-order valence-electron chi connectivity index (χ2n) is 6.54. The van der Waals surface area contributed by atoms with Crippen LogP contribution in [0, 0.1) is 0 Å². The lowest BCUT2D eigenvalue weighted by molar-refractivity contribution is -0.142. The second-order valence-corrected chi connectivity index (χ2v) is 19.2. The van der Waals surface area contributed by atoms with Crippen LogP contribution in [0.2, 0.25) is 19.1 Å². The Kier molecular flexibility index (Phi) is 12.8. The Bertz CT molecular complexity index is 287. The Morgan fingerprint density at radius 2 is 1.57 bits per heavy atom. The highest BCUT2D eigenvalue weighted by atomic mass is 127. The first-order valence-electron chi connectivity index (χ1n) is 8.37. The summed E-state index contributed by atoms with van der Waals surface area (Å²) in [7, 11) is 0. The first-order valence-corrected chi connectivity index (χ1v) is 14.7. The van der Waals surface area contributed by atoms with Gasteiger partial charge in [0.15, 0.2) is 0 Å². The van der Waals surface area contributed by atoms with Gasteiger partial charge in [0.2, 0.25) is 0 Å². The molecule has 0 aliphatic carbocycles. The minimum Gasteiger partial charge on any atom is -0.460 e. The molecule has 0 saturated heterocycles. The standard InChI is InChI=1S/C17H33IO2Si/c1-5-17(19)20-16(2)14-12-10-8-6-7-9-11-13-15-21(3,4)18/h5,16H,1,6-15H2,2-4H3. The third kappa shape index (κ3) is 16.4. The molecule has 0 fully saturated rings. The van der Waals surface area contributed by atoms with Crippen molar-refractivity contribution < 1.29 is 9.53 Å². The van der Waals surface area contributed by atoms with Crippen molar-refractivity contribution in [1.82, 2.24) is 0 Å². The molecule has 1 unspecified atom stereocenters. The summed E-state index contributed by atoms with van der Waals surface area (Å²) < 4.78 is 5.14. The Hall–Kier alpha value is 0.157. The highest BCUT2D eigenvalue weighted by Crippen LogP contribution is 2.21. The summed E-state index contributed by atoms with van der Waals surface area (Å²) >= 11 is 2.68. The van der Waals surface area contributed by atoms with Crippen molar-refractivity contribution in [1.29, 1.82) is 0 Å². The van der Waals surface area contributed by atoms with E-state index in [-0.39, 0.29) is 12.1 Å². The molecule has 0 aliphatic heterocycles. The minimum absolute atomic E-state index is 0.0243. The molecule has 1 atom stereocenters. The molecular formula is C17H33IO2Si. The molecule has 0 radical (unpaired) electrons. The minimum atomic E-state index is -0.841. The van der Waals surface area contributed by atoms with Gasteiger partial charge in [0.05, 0.1) is 6.10 Å². The zero-order valence-electron chi connectivity index (χ0n) is 14.1. The van der Waals surface area contributed by atoms with Crippen molar-refractivity contribution in [3.63, 3.8) is 0 Å². The van der Waals surface area contributed by atoms with Crippen LogP contribution in [0.25, 0.3) is 0 Å². The molecule has 0 aromatic carbocycles. The summed E-state index contributed by atoms with van der Waals surface area (Å²) in [4.78, 5) is 11.0. The zero-order chi connectivity index (χ0) is 16.1. The maximum absolute atomic E-state index is 11.0. The van der Waals surface area contributed by atoms with E-state index in [1.54, 1.807) is 0 Å². The summed E-state index contributed by atoms with van der Waals surface area (Å²) in [5.41, 5.74) is -0.841. The molecule has 0 aromatic heterocycles. The van der Waals surface area contributed by atoms with Crippen LogP contribution >= 0.6 is 21.8 Å². The molecule has 124 valence electrons. The van der Waals surface area contributed by atoms with Crippen molar-refractivity contribution in [2.24, 2.45) is 0 Å². The Balaban J connectivity index is 3.26. The van der Waals surface area contributed by atoms with Crippen LogP contribution in [0.4, 0.5) is 0 Å². The Labute approximate surface area is 145 Å². The van der Waals surface area contributed by atoms with Crippen LogP contribution in [0.5, 0.6) is 0 Å². The molecule has 0 heterocycles. The van der Waals surface area contributed by atoms with Crippen LogP contribution in [-0.4, -0.2) is 17.6 Å². The fraction of sp³-hybridized carbons (Fsp3) is 0.824. The quantitative estimate of drug-likeness (QED) is 0.0872. The molecule has 0 rings (SSSR count). The SMILES string of the molecule is C=CC(=O)OC(C)CCCCCCCCCC[Si](C)(C)I. The third-order valence-electron chi connectivity index (χ3n) is 3.62. The van der Waals surface area contributed by atoms with E-state index in [2.05, 4.69) is 41.5 Å². The predicted octanol–water partition coefficient (Wildman–Crippen LogP) is 6.26. The maximum atomic E-state index is 11.0. The first kappa shape index (κ1) is 21.2. The van der Waals surface area contributed by atoms with E-state index in [9.17, 15) is 4.79 Å². The van der Waals surface area contributed by atoms with Gasteiger partial charge in [-0.05, 0) is 25.8 Å². The van der Waals surface area contributed by atoms with Gasteiger partial charge in [0.1, 0.15) is 5.57 Å². The smallest absolute Gasteiger partial charge is 0.330 e. The number of hydrogen-bond donors (Lipinski definition) is 0. The topological polar surface area (TPSA) is 26.3 Å². The maximum Gasteiger partial charge on any atom is 0.330 e. The Morgan fingerprint density at radius 1 is 1.10 bits per heavy atom. The van der Waals surface area contributed by atoms with Crippen molar-refractivity contribution in [2.45, 2.75) is 90.0 Å². The van der Waals surface area contributed by atoms with Crippen LogP contribution in [0.15, 0.2) is 12.7 Å². The lowest BCUT2D eigenvalue weighted by Gasteiger charge is -2.12. The lowest BCUT2D eigenvalue weighted by atomic mass is 10.1. The van der Waals surface area contributed by atoms with E-state index >= 15 is 0 Å². The van der Waals surface area contributed by atoms with E-state index in [0.29, 0.717) is 0 Å². The number of halogens is 1. The molecule has 0 aliphatic rings. The van der Waals surface area contributed by atoms with E-state index in [1.165, 1.54) is 57.1 Å². The fourth-order valence-electron chi connectivity index (χ4n) is 2.34. The van der Waals surface area contributed by atoms with Crippen molar-refractivity contribution in [2.75, 3.05) is 0 Å².